The molecule has 158 valence electrons. The van der Waals surface area contributed by atoms with Crippen molar-refractivity contribution < 1.29 is 9.84 Å². The van der Waals surface area contributed by atoms with Crippen molar-refractivity contribution >= 4 is 6.34 Å². The molecule has 0 bridgehead atoms. The molecule has 0 amide bonds. The number of aliphatic hydroxyl groups excluding tert-OH is 1. The Morgan fingerprint density at radius 2 is 1.55 bits per heavy atom. The number of nitrogens with zero attached hydrogens (tertiary/aromatic N) is 2. The average Bonchev–Trinajstić information content (AvgIpc) is 2.81. The number of hydrogen-bond acceptors (Lipinski definition) is 5. The minimum Gasteiger partial charge on any atom is -0.504 e. The van der Waals surface area contributed by atoms with Gasteiger partial charge < -0.3 is 15.2 Å². The predicted octanol–water partition coefficient (Wildman–Crippen LogP) is 3.77. The highest BCUT2D eigenvalue weighted by Crippen LogP contribution is 2.19. The van der Waals surface area contributed by atoms with Gasteiger partial charge in [0.25, 0.3) is 0 Å². The first-order valence-corrected chi connectivity index (χ1v) is 10.6. The molecule has 2 aliphatic rings. The fourth-order valence-electron chi connectivity index (χ4n) is 3.55. The van der Waals surface area contributed by atoms with Gasteiger partial charge in [-0.2, -0.15) is 0 Å². The number of nitrogens with one attached hydrogen (secondary N) is 1. The van der Waals surface area contributed by atoms with Gasteiger partial charge in [-0.3, -0.25) is 4.90 Å². The second-order valence-corrected chi connectivity index (χ2v) is 7.71. The Morgan fingerprint density at radius 1 is 0.935 bits per heavy atom. The van der Waals surface area contributed by atoms with Crippen LogP contribution >= 0.6 is 0 Å². The molecule has 2 heterocycles. The molecule has 2 N–H and O–H groups in total. The van der Waals surface area contributed by atoms with Crippen molar-refractivity contribution in [2.24, 2.45) is 4.99 Å². The molecule has 0 spiro atoms. The molecule has 0 unspecified atom stereocenters. The van der Waals surface area contributed by atoms with Crippen LogP contribution in [0.1, 0.15) is 28.7 Å². The second kappa shape index (κ2) is 10.1. The van der Waals surface area contributed by atoms with E-state index in [1.165, 1.54) is 11.1 Å². The molecule has 1 fully saturated rings. The molecule has 4 rings (SSSR count). The second-order valence-electron chi connectivity index (χ2n) is 7.71. The largest absolute Gasteiger partial charge is 0.504 e. The first-order chi connectivity index (χ1) is 15.2. The zero-order chi connectivity index (χ0) is 21.5. The van der Waals surface area contributed by atoms with Crippen molar-refractivity contribution in [2.45, 2.75) is 19.4 Å². The smallest absolute Gasteiger partial charge is 0.160 e. The molecule has 2 aromatic rings. The van der Waals surface area contributed by atoms with Gasteiger partial charge >= 0.3 is 0 Å². The third-order valence-electron chi connectivity index (χ3n) is 5.44. The number of aryl methyl sites for hydroxylation is 1. The van der Waals surface area contributed by atoms with Gasteiger partial charge in [-0.1, -0.05) is 42.7 Å². The van der Waals surface area contributed by atoms with Crippen LogP contribution in [0.2, 0.25) is 0 Å². The quantitative estimate of drug-likeness (QED) is 0.733. The Hall–Kier alpha value is -3.33. The monoisotopic (exact) mass is 413 g/mol. The summed E-state index contributed by atoms with van der Waals surface area (Å²) in [4.78, 5) is 6.61. The third kappa shape index (κ3) is 5.85. The van der Waals surface area contributed by atoms with Gasteiger partial charge in [0.1, 0.15) is 0 Å². The summed E-state index contributed by atoms with van der Waals surface area (Å²) in [7, 11) is 0. The predicted molar refractivity (Wildman–Crippen MR) is 124 cm³/mol. The summed E-state index contributed by atoms with van der Waals surface area (Å²) < 4.78 is 5.40. The standard InChI is InChI=1S/C26H27N3O2/c1-20-26(30)25(28-19-27-20)13-12-23-6-4-21(5-7-23)2-3-22-8-10-24(11-9-22)18-29-14-16-31-17-15-29/h4-11,19,30H,1,12-18H2,(H,27,28). The zero-order valence-corrected chi connectivity index (χ0v) is 17.6. The van der Waals surface area contributed by atoms with Crippen molar-refractivity contribution in [3.63, 3.8) is 0 Å². The summed E-state index contributed by atoms with van der Waals surface area (Å²) in [5, 5.41) is 12.8. The Morgan fingerprint density at radius 3 is 2.19 bits per heavy atom. The van der Waals surface area contributed by atoms with Crippen LogP contribution in [0.15, 0.2) is 77.3 Å². The Kier molecular flexibility index (Phi) is 6.83. The van der Waals surface area contributed by atoms with E-state index >= 15 is 0 Å². The van der Waals surface area contributed by atoms with E-state index in [2.05, 4.69) is 70.0 Å². The van der Waals surface area contributed by atoms with Crippen LogP contribution in [0.3, 0.4) is 0 Å². The number of rotatable bonds is 5. The van der Waals surface area contributed by atoms with E-state index in [0.29, 0.717) is 17.8 Å². The van der Waals surface area contributed by atoms with Crippen LogP contribution in [0.25, 0.3) is 0 Å². The molecular formula is C26H27N3O2. The number of hydrogen-bond donors (Lipinski definition) is 2. The van der Waals surface area contributed by atoms with Gasteiger partial charge in [-0.05, 0) is 48.2 Å². The summed E-state index contributed by atoms with van der Waals surface area (Å²) >= 11 is 0. The van der Waals surface area contributed by atoms with Crippen LogP contribution in [0, 0.1) is 11.8 Å². The molecule has 2 aromatic carbocycles. The SMILES string of the molecule is C=C1NC=NC(CCc2ccc(C#Cc3ccc(CN4CCOCC4)cc3)cc2)=C1O. The highest BCUT2D eigenvalue weighted by Gasteiger charge is 2.12. The summed E-state index contributed by atoms with van der Waals surface area (Å²) in [6, 6.07) is 16.7. The van der Waals surface area contributed by atoms with Crippen molar-refractivity contribution in [3.8, 4) is 11.8 Å². The summed E-state index contributed by atoms with van der Waals surface area (Å²) in [5.74, 6) is 6.62. The average molecular weight is 414 g/mol. The van der Waals surface area contributed by atoms with Gasteiger partial charge in [0, 0.05) is 30.8 Å². The summed E-state index contributed by atoms with van der Waals surface area (Å²) in [6.07, 6.45) is 3.01. The van der Waals surface area contributed by atoms with E-state index in [1.54, 1.807) is 6.34 Å². The first kappa shape index (κ1) is 20.9. The maximum Gasteiger partial charge on any atom is 0.160 e. The van der Waals surface area contributed by atoms with Gasteiger partial charge in [0.15, 0.2) is 5.76 Å². The van der Waals surface area contributed by atoms with Crippen LogP contribution < -0.4 is 5.32 Å². The molecule has 31 heavy (non-hydrogen) atoms. The van der Waals surface area contributed by atoms with Gasteiger partial charge in [-0.15, -0.1) is 0 Å². The van der Waals surface area contributed by atoms with Crippen molar-refractivity contribution in [3.05, 3.63) is 94.5 Å². The molecule has 5 nitrogen and oxygen atoms in total. The van der Waals surface area contributed by atoms with E-state index in [9.17, 15) is 5.11 Å². The Balaban J connectivity index is 1.31. The maximum absolute atomic E-state index is 10.0. The number of morpholine rings is 1. The van der Waals surface area contributed by atoms with Crippen molar-refractivity contribution in [2.75, 3.05) is 26.3 Å². The Bertz CT molecular complexity index is 1030. The highest BCUT2D eigenvalue weighted by molar-refractivity contribution is 5.63. The molecule has 0 radical (unpaired) electrons. The topological polar surface area (TPSA) is 57.1 Å². The van der Waals surface area contributed by atoms with E-state index < -0.39 is 0 Å². The first-order valence-electron chi connectivity index (χ1n) is 10.6. The zero-order valence-electron chi connectivity index (χ0n) is 17.6. The lowest BCUT2D eigenvalue weighted by molar-refractivity contribution is 0.0342. The number of allylic oxidation sites excluding steroid dienone is 1. The number of aliphatic hydroxyl groups is 1. The Labute approximate surface area is 183 Å². The van der Waals surface area contributed by atoms with Gasteiger partial charge in [-0.25, -0.2) is 4.99 Å². The van der Waals surface area contributed by atoms with Crippen molar-refractivity contribution in [1.29, 1.82) is 0 Å². The van der Waals surface area contributed by atoms with Crippen LogP contribution in [-0.2, 0) is 17.7 Å². The highest BCUT2D eigenvalue weighted by atomic mass is 16.5. The molecule has 5 heteroatoms. The fourth-order valence-corrected chi connectivity index (χ4v) is 3.55. The minimum absolute atomic E-state index is 0.140. The maximum atomic E-state index is 10.0. The number of benzene rings is 2. The lowest BCUT2D eigenvalue weighted by Crippen LogP contribution is -2.35. The molecule has 1 saturated heterocycles. The summed E-state index contributed by atoms with van der Waals surface area (Å²) in [5.41, 5.74) is 5.63. The van der Waals surface area contributed by atoms with Crippen molar-refractivity contribution in [1.82, 2.24) is 10.2 Å². The van der Waals surface area contributed by atoms with Crippen LogP contribution in [-0.4, -0.2) is 42.6 Å². The van der Waals surface area contributed by atoms with Gasteiger partial charge in [0.05, 0.1) is 30.9 Å². The van der Waals surface area contributed by atoms with E-state index in [-0.39, 0.29) is 5.76 Å². The lowest BCUT2D eigenvalue weighted by Gasteiger charge is -2.26. The molecule has 0 aromatic heterocycles. The summed E-state index contributed by atoms with van der Waals surface area (Å²) in [6.45, 7) is 8.36. The molecular weight excluding hydrogens is 386 g/mol. The minimum atomic E-state index is 0.140. The normalized spacial score (nSPS) is 16.6. The van der Waals surface area contributed by atoms with Crippen LogP contribution in [0.4, 0.5) is 0 Å². The van der Waals surface area contributed by atoms with E-state index in [1.807, 2.05) is 12.1 Å². The van der Waals surface area contributed by atoms with Gasteiger partial charge in [0.2, 0.25) is 0 Å². The molecule has 0 atom stereocenters. The van der Waals surface area contributed by atoms with Crippen LogP contribution in [0.5, 0.6) is 0 Å². The van der Waals surface area contributed by atoms with E-state index in [4.69, 9.17) is 4.74 Å². The fraction of sp³-hybridized carbons (Fsp3) is 0.269. The molecule has 0 aliphatic carbocycles. The number of aliphatic imine (C=N–C) groups is 1. The third-order valence-corrected chi connectivity index (χ3v) is 5.44. The van der Waals surface area contributed by atoms with E-state index in [0.717, 1.165) is 50.4 Å². The molecule has 0 saturated carbocycles. The lowest BCUT2D eigenvalue weighted by atomic mass is 10.0. The number of ether oxygens (including phenoxy) is 1. The molecule has 2 aliphatic heterocycles.